The number of benzene rings is 1. The molecule has 1 aliphatic heterocycles. The standard InChI is InChI=1S/C14H12FN5OS/c15-10-6-2-1-5-9(10)12-18-20-11(16-17-14(20)22-12)13(21)19-7-3-4-8-19/h1-2,5-6H,3-4,7-8H2. The monoisotopic (exact) mass is 317 g/mol. The van der Waals surface area contributed by atoms with Gasteiger partial charge in [-0.15, -0.1) is 10.2 Å². The molecule has 4 rings (SSSR count). The van der Waals surface area contributed by atoms with Crippen molar-refractivity contribution in [3.8, 4) is 10.6 Å². The zero-order chi connectivity index (χ0) is 15.1. The van der Waals surface area contributed by atoms with Crippen LogP contribution >= 0.6 is 11.3 Å². The maximum Gasteiger partial charge on any atom is 0.293 e. The van der Waals surface area contributed by atoms with Crippen LogP contribution in [0, 0.1) is 5.82 Å². The van der Waals surface area contributed by atoms with Crippen LogP contribution in [-0.4, -0.2) is 43.7 Å². The average molecular weight is 317 g/mol. The summed E-state index contributed by atoms with van der Waals surface area (Å²) in [4.78, 5) is 14.7. The second-order valence-corrected chi connectivity index (χ2v) is 6.06. The van der Waals surface area contributed by atoms with Crippen LogP contribution in [0.4, 0.5) is 4.39 Å². The van der Waals surface area contributed by atoms with Crippen molar-refractivity contribution in [2.45, 2.75) is 12.8 Å². The highest BCUT2D eigenvalue weighted by atomic mass is 32.1. The summed E-state index contributed by atoms with van der Waals surface area (Å²) in [7, 11) is 0. The molecule has 1 fully saturated rings. The molecule has 6 nitrogen and oxygen atoms in total. The normalized spacial score (nSPS) is 14.9. The Labute approximate surface area is 129 Å². The van der Waals surface area contributed by atoms with E-state index in [0.717, 1.165) is 25.9 Å². The van der Waals surface area contributed by atoms with Crippen LogP contribution in [0.3, 0.4) is 0 Å². The molecule has 0 bridgehead atoms. The van der Waals surface area contributed by atoms with Gasteiger partial charge in [0, 0.05) is 18.7 Å². The van der Waals surface area contributed by atoms with Crippen LogP contribution in [-0.2, 0) is 0 Å². The van der Waals surface area contributed by atoms with Gasteiger partial charge in [0.2, 0.25) is 10.8 Å². The Bertz CT molecular complexity index is 852. The van der Waals surface area contributed by atoms with Gasteiger partial charge in [-0.1, -0.05) is 23.5 Å². The maximum absolute atomic E-state index is 13.9. The first-order chi connectivity index (χ1) is 10.7. The Balaban J connectivity index is 1.76. The first-order valence-corrected chi connectivity index (χ1v) is 7.82. The summed E-state index contributed by atoms with van der Waals surface area (Å²) in [5.41, 5.74) is 0.401. The number of hydrogen-bond donors (Lipinski definition) is 0. The molecule has 1 aliphatic rings. The van der Waals surface area contributed by atoms with Crippen molar-refractivity contribution in [1.29, 1.82) is 0 Å². The summed E-state index contributed by atoms with van der Waals surface area (Å²) in [6.07, 6.45) is 2.01. The van der Waals surface area contributed by atoms with E-state index in [2.05, 4.69) is 15.3 Å². The van der Waals surface area contributed by atoms with Crippen LogP contribution in [0.2, 0.25) is 0 Å². The lowest BCUT2D eigenvalue weighted by Gasteiger charge is -2.12. The molecule has 1 amide bonds. The molecule has 22 heavy (non-hydrogen) atoms. The van der Waals surface area contributed by atoms with Gasteiger partial charge in [-0.05, 0) is 25.0 Å². The fourth-order valence-corrected chi connectivity index (χ4v) is 3.42. The SMILES string of the molecule is O=C(c1nnc2sc(-c3ccccc3F)nn12)N1CCCC1. The third-order valence-electron chi connectivity index (χ3n) is 3.68. The quantitative estimate of drug-likeness (QED) is 0.727. The number of halogens is 1. The minimum Gasteiger partial charge on any atom is -0.336 e. The first-order valence-electron chi connectivity index (χ1n) is 7.00. The second kappa shape index (κ2) is 5.13. The summed E-state index contributed by atoms with van der Waals surface area (Å²) in [5.74, 6) is -0.328. The lowest BCUT2D eigenvalue weighted by atomic mass is 10.2. The summed E-state index contributed by atoms with van der Waals surface area (Å²) < 4.78 is 15.3. The fraction of sp³-hybridized carbons (Fsp3) is 0.286. The van der Waals surface area contributed by atoms with E-state index in [-0.39, 0.29) is 17.5 Å². The van der Waals surface area contributed by atoms with E-state index >= 15 is 0 Å². The van der Waals surface area contributed by atoms with Gasteiger partial charge >= 0.3 is 0 Å². The Morgan fingerprint density at radius 3 is 2.73 bits per heavy atom. The molecule has 0 unspecified atom stereocenters. The van der Waals surface area contributed by atoms with Crippen molar-refractivity contribution in [2.75, 3.05) is 13.1 Å². The molecule has 3 aromatic rings. The van der Waals surface area contributed by atoms with Gasteiger partial charge in [-0.25, -0.2) is 4.39 Å². The molecule has 3 heterocycles. The minimum atomic E-state index is -0.347. The number of nitrogens with zero attached hydrogens (tertiary/aromatic N) is 5. The van der Waals surface area contributed by atoms with Gasteiger partial charge in [-0.2, -0.15) is 9.61 Å². The molecule has 0 saturated carbocycles. The molecule has 0 N–H and O–H groups in total. The number of aromatic nitrogens is 4. The average Bonchev–Trinajstić information content (AvgIpc) is 3.23. The van der Waals surface area contributed by atoms with E-state index in [9.17, 15) is 9.18 Å². The molecule has 112 valence electrons. The summed E-state index contributed by atoms with van der Waals surface area (Å²) in [5, 5.41) is 12.7. The lowest BCUT2D eigenvalue weighted by molar-refractivity contribution is 0.0778. The highest BCUT2D eigenvalue weighted by Crippen LogP contribution is 2.27. The van der Waals surface area contributed by atoms with Crippen LogP contribution in [0.5, 0.6) is 0 Å². The Kier molecular flexibility index (Phi) is 3.11. The molecule has 8 heteroatoms. The smallest absolute Gasteiger partial charge is 0.293 e. The first kappa shape index (κ1) is 13.3. The van der Waals surface area contributed by atoms with Crippen LogP contribution in [0.15, 0.2) is 24.3 Å². The van der Waals surface area contributed by atoms with Gasteiger partial charge in [0.25, 0.3) is 5.91 Å². The van der Waals surface area contributed by atoms with Gasteiger partial charge in [-0.3, -0.25) is 4.79 Å². The lowest BCUT2D eigenvalue weighted by Crippen LogP contribution is -2.29. The van der Waals surface area contributed by atoms with E-state index in [1.54, 1.807) is 23.1 Å². The number of hydrogen-bond acceptors (Lipinski definition) is 5. The number of rotatable bonds is 2. The molecule has 2 aromatic heterocycles. The topological polar surface area (TPSA) is 63.4 Å². The van der Waals surface area contributed by atoms with E-state index in [1.165, 1.54) is 21.9 Å². The fourth-order valence-electron chi connectivity index (χ4n) is 2.56. The van der Waals surface area contributed by atoms with Gasteiger partial charge in [0.05, 0.1) is 0 Å². The molecule has 0 atom stereocenters. The summed E-state index contributed by atoms with van der Waals surface area (Å²) in [6, 6.07) is 6.41. The molecule has 1 aromatic carbocycles. The van der Waals surface area contributed by atoms with Crippen LogP contribution in [0.25, 0.3) is 15.5 Å². The van der Waals surface area contributed by atoms with Gasteiger partial charge in [0.15, 0.2) is 5.01 Å². The van der Waals surface area contributed by atoms with Crippen LogP contribution in [0.1, 0.15) is 23.5 Å². The number of fused-ring (bicyclic) bond motifs is 1. The van der Waals surface area contributed by atoms with E-state index in [4.69, 9.17) is 0 Å². The molecule has 0 radical (unpaired) electrons. The van der Waals surface area contributed by atoms with Crippen molar-refractivity contribution in [3.05, 3.63) is 35.9 Å². The van der Waals surface area contributed by atoms with E-state index in [1.807, 2.05) is 0 Å². The molecule has 1 saturated heterocycles. The predicted octanol–water partition coefficient (Wildman–Crippen LogP) is 2.23. The van der Waals surface area contributed by atoms with Gasteiger partial charge in [0.1, 0.15) is 5.82 Å². The molecular weight excluding hydrogens is 305 g/mol. The van der Waals surface area contributed by atoms with Crippen LogP contribution < -0.4 is 0 Å². The van der Waals surface area contributed by atoms with Crippen molar-refractivity contribution in [1.82, 2.24) is 24.7 Å². The molecular formula is C14H12FN5OS. The van der Waals surface area contributed by atoms with Gasteiger partial charge < -0.3 is 4.90 Å². The molecule has 0 spiro atoms. The zero-order valence-electron chi connectivity index (χ0n) is 11.6. The molecule has 0 aliphatic carbocycles. The second-order valence-electron chi connectivity index (χ2n) is 5.10. The summed E-state index contributed by atoms with van der Waals surface area (Å²) >= 11 is 1.21. The van der Waals surface area contributed by atoms with Crippen molar-refractivity contribution in [2.24, 2.45) is 0 Å². The largest absolute Gasteiger partial charge is 0.336 e. The zero-order valence-corrected chi connectivity index (χ0v) is 12.4. The summed E-state index contributed by atoms with van der Waals surface area (Å²) in [6.45, 7) is 1.47. The van der Waals surface area contributed by atoms with Crippen molar-refractivity contribution in [3.63, 3.8) is 0 Å². The predicted molar refractivity (Wildman–Crippen MR) is 79.2 cm³/mol. The number of likely N-dealkylation sites (tertiary alicyclic amines) is 1. The Morgan fingerprint density at radius 2 is 1.95 bits per heavy atom. The highest BCUT2D eigenvalue weighted by Gasteiger charge is 2.26. The third-order valence-corrected chi connectivity index (χ3v) is 4.61. The maximum atomic E-state index is 13.9. The Morgan fingerprint density at radius 1 is 1.18 bits per heavy atom. The third kappa shape index (κ3) is 2.07. The number of carbonyl (C=O) groups excluding carboxylic acids is 1. The van der Waals surface area contributed by atoms with Crippen molar-refractivity contribution >= 4 is 22.2 Å². The highest BCUT2D eigenvalue weighted by molar-refractivity contribution is 7.19. The Hall–Kier alpha value is -2.35. The minimum absolute atomic E-state index is 0.171. The number of amides is 1. The van der Waals surface area contributed by atoms with Crippen molar-refractivity contribution < 1.29 is 9.18 Å². The van der Waals surface area contributed by atoms with E-state index in [0.29, 0.717) is 15.5 Å². The number of carbonyl (C=O) groups is 1. The van der Waals surface area contributed by atoms with E-state index < -0.39 is 0 Å².